The molecule has 0 N–H and O–H groups in total. The summed E-state index contributed by atoms with van der Waals surface area (Å²) in [5.74, 6) is -0.914. The number of amides is 1. The van der Waals surface area contributed by atoms with Gasteiger partial charge in [-0.3, -0.25) is 4.79 Å². The van der Waals surface area contributed by atoms with Crippen molar-refractivity contribution in [2.24, 2.45) is 5.92 Å². The third-order valence-corrected chi connectivity index (χ3v) is 7.35. The third-order valence-electron chi connectivity index (χ3n) is 5.47. The summed E-state index contributed by atoms with van der Waals surface area (Å²) in [5, 5.41) is 0. The zero-order chi connectivity index (χ0) is 21.2. The molecule has 2 aromatic carbocycles. The lowest BCUT2D eigenvalue weighted by Crippen LogP contribution is -2.45. The zero-order valence-electron chi connectivity index (χ0n) is 17.1. The molecule has 0 saturated carbocycles. The molecule has 3 rings (SSSR count). The fourth-order valence-electron chi connectivity index (χ4n) is 3.79. The van der Waals surface area contributed by atoms with Gasteiger partial charge in [0.1, 0.15) is 5.82 Å². The van der Waals surface area contributed by atoms with Crippen LogP contribution in [0, 0.1) is 25.6 Å². The van der Waals surface area contributed by atoms with E-state index in [1.165, 1.54) is 22.0 Å². The van der Waals surface area contributed by atoms with Crippen LogP contribution in [0.25, 0.3) is 0 Å². The Morgan fingerprint density at radius 1 is 1.17 bits per heavy atom. The van der Waals surface area contributed by atoms with Gasteiger partial charge in [0, 0.05) is 26.7 Å². The van der Waals surface area contributed by atoms with Crippen molar-refractivity contribution in [1.82, 2.24) is 9.21 Å². The second-order valence-electron chi connectivity index (χ2n) is 7.78. The van der Waals surface area contributed by atoms with Crippen molar-refractivity contribution in [2.75, 3.05) is 20.1 Å². The molecule has 1 aliphatic rings. The fourth-order valence-corrected chi connectivity index (χ4v) is 5.31. The molecule has 0 bridgehead atoms. The molecule has 7 heteroatoms. The maximum Gasteiger partial charge on any atom is 0.243 e. The van der Waals surface area contributed by atoms with E-state index in [9.17, 15) is 17.6 Å². The Morgan fingerprint density at radius 3 is 2.52 bits per heavy atom. The molecule has 0 spiro atoms. The highest BCUT2D eigenvalue weighted by molar-refractivity contribution is 7.89. The van der Waals surface area contributed by atoms with Crippen LogP contribution in [-0.4, -0.2) is 43.7 Å². The Morgan fingerprint density at radius 2 is 1.86 bits per heavy atom. The highest BCUT2D eigenvalue weighted by atomic mass is 32.2. The molecule has 29 heavy (non-hydrogen) atoms. The predicted molar refractivity (Wildman–Crippen MR) is 110 cm³/mol. The first kappa shape index (κ1) is 21.5. The van der Waals surface area contributed by atoms with Gasteiger partial charge in [0.05, 0.1) is 10.8 Å². The van der Waals surface area contributed by atoms with Crippen molar-refractivity contribution >= 4 is 15.9 Å². The number of nitrogens with zero attached hydrogens (tertiary/aromatic N) is 2. The Hall–Kier alpha value is -2.25. The van der Waals surface area contributed by atoms with E-state index in [1.54, 1.807) is 11.9 Å². The van der Waals surface area contributed by atoms with E-state index in [1.807, 2.05) is 26.0 Å². The van der Waals surface area contributed by atoms with Gasteiger partial charge in [-0.15, -0.1) is 0 Å². The molecule has 0 radical (unpaired) electrons. The Labute approximate surface area is 172 Å². The van der Waals surface area contributed by atoms with Crippen LogP contribution in [0.1, 0.15) is 29.5 Å². The summed E-state index contributed by atoms with van der Waals surface area (Å²) < 4.78 is 40.3. The minimum atomic E-state index is -3.75. The average molecular weight is 419 g/mol. The molecule has 1 aliphatic heterocycles. The van der Waals surface area contributed by atoms with Crippen LogP contribution in [0.4, 0.5) is 4.39 Å². The van der Waals surface area contributed by atoms with Gasteiger partial charge in [0.25, 0.3) is 0 Å². The number of carbonyl (C=O) groups excluding carboxylic acids is 1. The minimum Gasteiger partial charge on any atom is -0.341 e. The van der Waals surface area contributed by atoms with E-state index < -0.39 is 15.8 Å². The minimum absolute atomic E-state index is 0.0515. The van der Waals surface area contributed by atoms with Gasteiger partial charge in [-0.2, -0.15) is 4.31 Å². The molecular formula is C22H27FN2O3S. The molecule has 1 heterocycles. The molecule has 0 aromatic heterocycles. The Bertz CT molecular complexity index is 990. The summed E-state index contributed by atoms with van der Waals surface area (Å²) in [7, 11) is -1.99. The molecule has 1 amide bonds. The molecule has 5 nitrogen and oxygen atoms in total. The second-order valence-corrected chi connectivity index (χ2v) is 9.72. The van der Waals surface area contributed by atoms with Crippen LogP contribution in [-0.2, 0) is 21.4 Å². The molecule has 0 aliphatic carbocycles. The number of hydrogen-bond acceptors (Lipinski definition) is 3. The summed E-state index contributed by atoms with van der Waals surface area (Å²) >= 11 is 0. The van der Waals surface area contributed by atoms with Crippen LogP contribution in [0.3, 0.4) is 0 Å². The maximum atomic E-state index is 13.1. The lowest BCUT2D eigenvalue weighted by molar-refractivity contribution is -0.135. The van der Waals surface area contributed by atoms with Crippen molar-refractivity contribution in [3.8, 4) is 0 Å². The zero-order valence-corrected chi connectivity index (χ0v) is 17.9. The van der Waals surface area contributed by atoms with E-state index in [-0.39, 0.29) is 23.3 Å². The Kier molecular flexibility index (Phi) is 6.39. The quantitative estimate of drug-likeness (QED) is 0.747. The first-order valence-corrected chi connectivity index (χ1v) is 11.2. The summed E-state index contributed by atoms with van der Waals surface area (Å²) in [6.07, 6.45) is 1.28. The summed E-state index contributed by atoms with van der Waals surface area (Å²) in [4.78, 5) is 14.7. The summed E-state index contributed by atoms with van der Waals surface area (Å²) in [6.45, 7) is 5.06. The van der Waals surface area contributed by atoms with Crippen LogP contribution < -0.4 is 0 Å². The van der Waals surface area contributed by atoms with Gasteiger partial charge in [0.15, 0.2) is 0 Å². The highest BCUT2D eigenvalue weighted by Crippen LogP contribution is 2.25. The van der Waals surface area contributed by atoms with E-state index in [2.05, 4.69) is 6.07 Å². The maximum absolute atomic E-state index is 13.1. The van der Waals surface area contributed by atoms with Crippen LogP contribution >= 0.6 is 0 Å². The van der Waals surface area contributed by atoms with Crippen molar-refractivity contribution in [2.45, 2.75) is 38.1 Å². The molecule has 1 fully saturated rings. The SMILES string of the molecule is Cc1ccc(CN(C)C(=O)[C@@H]2CCCN(S(=O)(=O)c3ccc(F)cc3)C2)c(C)c1. The molecule has 1 saturated heterocycles. The normalized spacial score (nSPS) is 17.9. The average Bonchev–Trinajstić information content (AvgIpc) is 2.70. The molecule has 2 aromatic rings. The standard InChI is InChI=1S/C22H27FN2O3S/c1-16-6-7-18(17(2)13-16)14-24(3)22(26)19-5-4-12-25(15-19)29(27,28)21-10-8-20(23)9-11-21/h6-11,13,19H,4-5,12,14-15H2,1-3H3/t19-/m1/s1. The number of piperidine rings is 1. The third kappa shape index (κ3) is 4.85. The van der Waals surface area contributed by atoms with Gasteiger partial charge in [0.2, 0.25) is 15.9 Å². The lowest BCUT2D eigenvalue weighted by Gasteiger charge is -2.33. The van der Waals surface area contributed by atoms with E-state index >= 15 is 0 Å². The monoisotopic (exact) mass is 418 g/mol. The van der Waals surface area contributed by atoms with E-state index in [0.717, 1.165) is 23.3 Å². The van der Waals surface area contributed by atoms with Crippen molar-refractivity contribution < 1.29 is 17.6 Å². The topological polar surface area (TPSA) is 57.7 Å². The predicted octanol–water partition coefficient (Wildman–Crippen LogP) is 3.50. The first-order chi connectivity index (χ1) is 13.7. The van der Waals surface area contributed by atoms with Crippen molar-refractivity contribution in [1.29, 1.82) is 0 Å². The number of aryl methyl sites for hydroxylation is 2. The van der Waals surface area contributed by atoms with Crippen LogP contribution in [0.15, 0.2) is 47.4 Å². The number of benzene rings is 2. The van der Waals surface area contributed by atoms with Crippen molar-refractivity contribution in [3.63, 3.8) is 0 Å². The number of sulfonamides is 1. The van der Waals surface area contributed by atoms with Gasteiger partial charge in [-0.25, -0.2) is 12.8 Å². The van der Waals surface area contributed by atoms with Gasteiger partial charge < -0.3 is 4.90 Å². The van der Waals surface area contributed by atoms with Gasteiger partial charge in [-0.05, 0) is 62.1 Å². The lowest BCUT2D eigenvalue weighted by atomic mass is 9.97. The largest absolute Gasteiger partial charge is 0.341 e. The van der Waals surface area contributed by atoms with E-state index in [4.69, 9.17) is 0 Å². The number of hydrogen-bond donors (Lipinski definition) is 0. The van der Waals surface area contributed by atoms with Gasteiger partial charge in [-0.1, -0.05) is 23.8 Å². The Balaban J connectivity index is 1.70. The van der Waals surface area contributed by atoms with Crippen LogP contribution in [0.5, 0.6) is 0 Å². The molecule has 0 unspecified atom stereocenters. The van der Waals surface area contributed by atoms with Crippen LogP contribution in [0.2, 0.25) is 0 Å². The number of rotatable bonds is 5. The highest BCUT2D eigenvalue weighted by Gasteiger charge is 2.34. The van der Waals surface area contributed by atoms with Gasteiger partial charge >= 0.3 is 0 Å². The van der Waals surface area contributed by atoms with Crippen molar-refractivity contribution in [3.05, 3.63) is 65.0 Å². The summed E-state index contributed by atoms with van der Waals surface area (Å²) in [6, 6.07) is 10.9. The smallest absolute Gasteiger partial charge is 0.243 e. The molecular weight excluding hydrogens is 391 g/mol. The second kappa shape index (κ2) is 8.63. The van der Waals surface area contributed by atoms with E-state index in [0.29, 0.717) is 25.9 Å². The number of carbonyl (C=O) groups is 1. The molecule has 1 atom stereocenters. The summed E-state index contributed by atoms with van der Waals surface area (Å²) in [5.41, 5.74) is 3.39. The number of halogens is 1. The fraction of sp³-hybridized carbons (Fsp3) is 0.409. The first-order valence-electron chi connectivity index (χ1n) is 9.75. The molecule has 156 valence electrons.